The Kier molecular flexibility index (Phi) is 5.91. The number of thioether (sulfide) groups is 2. The molecule has 2 aromatic rings. The lowest BCUT2D eigenvalue weighted by Gasteiger charge is -2.23. The minimum atomic E-state index is 0.517. The minimum Gasteiger partial charge on any atom is -0.489 e. The number of benzene rings is 2. The van der Waals surface area contributed by atoms with Crippen molar-refractivity contribution in [2.45, 2.75) is 11.0 Å². The summed E-state index contributed by atoms with van der Waals surface area (Å²) in [5.41, 5.74) is 2.53. The van der Waals surface area contributed by atoms with Gasteiger partial charge in [0.15, 0.2) is 0 Å². The Morgan fingerprint density at radius 2 is 1.68 bits per heavy atom. The molecule has 0 spiro atoms. The maximum atomic E-state index is 6.00. The van der Waals surface area contributed by atoms with E-state index in [0.29, 0.717) is 11.2 Å². The third kappa shape index (κ3) is 4.34. The van der Waals surface area contributed by atoms with Crippen LogP contribution in [0.5, 0.6) is 5.75 Å². The third-order valence-electron chi connectivity index (χ3n) is 3.45. The minimum absolute atomic E-state index is 0.517. The van der Waals surface area contributed by atoms with Crippen molar-refractivity contribution in [1.29, 1.82) is 0 Å². The molecule has 0 aliphatic carbocycles. The summed E-state index contributed by atoms with van der Waals surface area (Å²) in [6, 6.07) is 18.8. The van der Waals surface area contributed by atoms with Crippen LogP contribution in [0.25, 0.3) is 6.08 Å². The van der Waals surface area contributed by atoms with Gasteiger partial charge in [0.2, 0.25) is 0 Å². The van der Waals surface area contributed by atoms with E-state index in [1.165, 1.54) is 29.1 Å². The molecule has 0 radical (unpaired) electrons. The molecule has 1 aliphatic rings. The molecule has 0 amide bonds. The van der Waals surface area contributed by atoms with Crippen LogP contribution in [0.15, 0.2) is 60.7 Å². The summed E-state index contributed by atoms with van der Waals surface area (Å²) in [7, 11) is 0. The van der Waals surface area contributed by atoms with Gasteiger partial charge in [0.05, 0.1) is 4.58 Å². The molecule has 22 heavy (non-hydrogen) atoms. The van der Waals surface area contributed by atoms with Crippen LogP contribution < -0.4 is 4.74 Å². The number of para-hydroxylation sites is 1. The van der Waals surface area contributed by atoms with Crippen LogP contribution in [0.4, 0.5) is 0 Å². The summed E-state index contributed by atoms with van der Waals surface area (Å²) < 4.78 is 6.52. The molecule has 2 aromatic carbocycles. The largest absolute Gasteiger partial charge is 0.489 e. The summed E-state index contributed by atoms with van der Waals surface area (Å²) in [6.07, 6.45) is 5.49. The second-order valence-electron chi connectivity index (χ2n) is 5.09. The molecule has 1 fully saturated rings. The topological polar surface area (TPSA) is 9.23 Å². The van der Waals surface area contributed by atoms with E-state index >= 15 is 0 Å². The van der Waals surface area contributed by atoms with Gasteiger partial charge in [-0.3, -0.25) is 0 Å². The van der Waals surface area contributed by atoms with E-state index in [0.717, 1.165) is 5.75 Å². The fourth-order valence-electron chi connectivity index (χ4n) is 2.36. The average molecular weight is 329 g/mol. The highest BCUT2D eigenvalue weighted by molar-refractivity contribution is 8.16. The highest BCUT2D eigenvalue weighted by Crippen LogP contribution is 2.46. The van der Waals surface area contributed by atoms with Gasteiger partial charge in [0.25, 0.3) is 0 Å². The summed E-state index contributed by atoms with van der Waals surface area (Å²) in [5, 5.41) is 0. The number of rotatable bonds is 5. The predicted molar refractivity (Wildman–Crippen MR) is 99.7 cm³/mol. The van der Waals surface area contributed by atoms with Gasteiger partial charge in [-0.05, 0) is 35.6 Å². The lowest BCUT2D eigenvalue weighted by Crippen LogP contribution is -2.03. The Morgan fingerprint density at radius 1 is 0.955 bits per heavy atom. The summed E-state index contributed by atoms with van der Waals surface area (Å²) in [5.74, 6) is 3.52. The molecule has 3 rings (SSSR count). The van der Waals surface area contributed by atoms with Crippen molar-refractivity contribution in [3.05, 3.63) is 71.8 Å². The zero-order valence-electron chi connectivity index (χ0n) is 12.5. The van der Waals surface area contributed by atoms with Gasteiger partial charge in [-0.2, -0.15) is 0 Å². The van der Waals surface area contributed by atoms with Gasteiger partial charge in [-0.25, -0.2) is 0 Å². The summed E-state index contributed by atoms with van der Waals surface area (Å²) in [6.45, 7) is 0.605. The van der Waals surface area contributed by atoms with Gasteiger partial charge >= 0.3 is 0 Å². The lowest BCUT2D eigenvalue weighted by atomic mass is 10.2. The van der Waals surface area contributed by atoms with Crippen LogP contribution in [-0.4, -0.2) is 18.1 Å². The summed E-state index contributed by atoms with van der Waals surface area (Å²) in [4.78, 5) is 0. The molecule has 1 aliphatic heterocycles. The van der Waals surface area contributed by atoms with Crippen molar-refractivity contribution in [3.63, 3.8) is 0 Å². The normalized spacial score (nSPS) is 16.0. The fraction of sp³-hybridized carbons (Fsp3) is 0.263. The highest BCUT2D eigenvalue weighted by atomic mass is 32.2. The van der Waals surface area contributed by atoms with E-state index < -0.39 is 0 Å². The third-order valence-corrected chi connectivity index (χ3v) is 6.42. The van der Waals surface area contributed by atoms with Crippen LogP contribution in [0.3, 0.4) is 0 Å². The zero-order chi connectivity index (χ0) is 15.0. The van der Waals surface area contributed by atoms with Gasteiger partial charge in [-0.1, -0.05) is 54.6 Å². The second kappa shape index (κ2) is 8.35. The van der Waals surface area contributed by atoms with E-state index in [1.54, 1.807) is 0 Å². The molecule has 1 heterocycles. The van der Waals surface area contributed by atoms with Crippen molar-refractivity contribution in [2.24, 2.45) is 0 Å². The average Bonchev–Trinajstić information content (AvgIpc) is 2.61. The molecule has 1 saturated heterocycles. The molecule has 1 nitrogen and oxygen atoms in total. The van der Waals surface area contributed by atoms with Gasteiger partial charge in [-0.15, -0.1) is 23.5 Å². The molecule has 0 saturated carbocycles. The number of hydrogen-bond acceptors (Lipinski definition) is 3. The first-order valence-corrected chi connectivity index (χ1v) is 9.70. The molecular weight excluding hydrogens is 308 g/mol. The van der Waals surface area contributed by atoms with Crippen LogP contribution in [-0.2, 0) is 0 Å². The van der Waals surface area contributed by atoms with Crippen molar-refractivity contribution < 1.29 is 4.74 Å². The van der Waals surface area contributed by atoms with E-state index in [-0.39, 0.29) is 0 Å². The van der Waals surface area contributed by atoms with Crippen molar-refractivity contribution in [1.82, 2.24) is 0 Å². The quantitative estimate of drug-likeness (QED) is 0.702. The fourth-order valence-corrected chi connectivity index (χ4v) is 5.30. The van der Waals surface area contributed by atoms with E-state index in [4.69, 9.17) is 4.74 Å². The number of hydrogen-bond donors (Lipinski definition) is 0. The van der Waals surface area contributed by atoms with E-state index in [9.17, 15) is 0 Å². The molecule has 0 bridgehead atoms. The Morgan fingerprint density at radius 3 is 2.50 bits per heavy atom. The molecule has 3 heteroatoms. The number of ether oxygens (including phenoxy) is 1. The lowest BCUT2D eigenvalue weighted by molar-refractivity contribution is 0.360. The maximum absolute atomic E-state index is 6.00. The molecule has 0 N–H and O–H groups in total. The SMILES string of the molecule is C(=Cc1ccccc1)COc1ccccc1C1SCCCS1. The molecule has 0 atom stereocenters. The Balaban J connectivity index is 1.61. The Hall–Kier alpha value is -1.32. The standard InChI is InChI=1S/C19H20OS2/c1-2-8-16(9-3-1)10-6-13-20-18-12-5-4-11-17(18)19-21-14-7-15-22-19/h1-6,8-12,19H,7,13-15H2. The van der Waals surface area contributed by atoms with Crippen molar-refractivity contribution >= 4 is 29.6 Å². The van der Waals surface area contributed by atoms with Gasteiger partial charge in [0.1, 0.15) is 12.4 Å². The Bertz CT molecular complexity index is 604. The van der Waals surface area contributed by atoms with Crippen molar-refractivity contribution in [2.75, 3.05) is 18.1 Å². The first-order valence-electron chi connectivity index (χ1n) is 7.60. The van der Waals surface area contributed by atoms with Crippen molar-refractivity contribution in [3.8, 4) is 5.75 Å². The van der Waals surface area contributed by atoms with Crippen LogP contribution in [0.1, 0.15) is 22.1 Å². The zero-order valence-corrected chi connectivity index (χ0v) is 14.1. The molecule has 114 valence electrons. The highest BCUT2D eigenvalue weighted by Gasteiger charge is 2.19. The second-order valence-corrected chi connectivity index (χ2v) is 7.81. The first kappa shape index (κ1) is 15.6. The molecule has 0 unspecified atom stereocenters. The van der Waals surface area contributed by atoms with E-state index in [1.807, 2.05) is 41.7 Å². The smallest absolute Gasteiger partial charge is 0.124 e. The van der Waals surface area contributed by atoms with E-state index in [2.05, 4.69) is 48.6 Å². The molecule has 0 aromatic heterocycles. The molecular formula is C19H20OS2. The maximum Gasteiger partial charge on any atom is 0.124 e. The Labute approximate surface area is 141 Å². The summed E-state index contributed by atoms with van der Waals surface area (Å²) >= 11 is 4.06. The van der Waals surface area contributed by atoms with Crippen LogP contribution in [0, 0.1) is 0 Å². The predicted octanol–water partition coefficient (Wildman–Crippen LogP) is 5.65. The van der Waals surface area contributed by atoms with Gasteiger partial charge < -0.3 is 4.74 Å². The first-order chi connectivity index (χ1) is 10.9. The van der Waals surface area contributed by atoms with Gasteiger partial charge in [0, 0.05) is 5.56 Å². The monoisotopic (exact) mass is 328 g/mol. The van der Waals surface area contributed by atoms with Crippen LogP contribution >= 0.6 is 23.5 Å². The van der Waals surface area contributed by atoms with Crippen LogP contribution in [0.2, 0.25) is 0 Å².